The van der Waals surface area contributed by atoms with Gasteiger partial charge in [0.05, 0.1) is 5.56 Å². The summed E-state index contributed by atoms with van der Waals surface area (Å²) in [5.41, 5.74) is 0.326. The monoisotopic (exact) mass is 301 g/mol. The zero-order valence-electron chi connectivity index (χ0n) is 10.2. The smallest absolute Gasteiger partial charge is 0.416 e. The minimum Gasteiger partial charge on any atom is -0.508 e. The van der Waals surface area contributed by atoms with E-state index in [0.29, 0.717) is 6.54 Å². The standard InChI is InChI=1S/C14H11ClF3NO/c15-11-5-10(14(16,17)18)6-12(7-11)19-8-9-1-3-13(20)4-2-9/h1-7,19-20H,8H2. The van der Waals surface area contributed by atoms with Crippen LogP contribution in [0.5, 0.6) is 5.75 Å². The third-order valence-electron chi connectivity index (χ3n) is 2.66. The molecule has 0 unspecified atom stereocenters. The van der Waals surface area contributed by atoms with E-state index in [4.69, 9.17) is 16.7 Å². The third kappa shape index (κ3) is 3.81. The van der Waals surface area contributed by atoms with E-state index in [9.17, 15) is 13.2 Å². The van der Waals surface area contributed by atoms with Gasteiger partial charge in [-0.1, -0.05) is 23.7 Å². The molecule has 2 rings (SSSR count). The second-order valence-corrected chi connectivity index (χ2v) is 4.68. The van der Waals surface area contributed by atoms with Crippen LogP contribution in [0.4, 0.5) is 18.9 Å². The minimum atomic E-state index is -4.43. The highest BCUT2D eigenvalue weighted by Crippen LogP contribution is 2.33. The fourth-order valence-corrected chi connectivity index (χ4v) is 1.91. The number of benzene rings is 2. The van der Waals surface area contributed by atoms with Crippen molar-refractivity contribution in [2.75, 3.05) is 5.32 Å². The predicted octanol–water partition coefficient (Wildman–Crippen LogP) is 4.68. The number of halogens is 4. The summed E-state index contributed by atoms with van der Waals surface area (Å²) in [6.45, 7) is 0.331. The van der Waals surface area contributed by atoms with E-state index in [-0.39, 0.29) is 16.5 Å². The molecule has 2 aromatic rings. The molecular formula is C14H11ClF3NO. The zero-order valence-corrected chi connectivity index (χ0v) is 11.0. The number of phenols is 1. The molecule has 0 spiro atoms. The van der Waals surface area contributed by atoms with Gasteiger partial charge >= 0.3 is 6.18 Å². The normalized spacial score (nSPS) is 11.4. The van der Waals surface area contributed by atoms with Gasteiger partial charge in [-0.15, -0.1) is 0 Å². The summed E-state index contributed by atoms with van der Waals surface area (Å²) in [4.78, 5) is 0. The quantitative estimate of drug-likeness (QED) is 0.863. The molecule has 0 amide bonds. The Morgan fingerprint density at radius 1 is 1.05 bits per heavy atom. The summed E-state index contributed by atoms with van der Waals surface area (Å²) >= 11 is 5.69. The Morgan fingerprint density at radius 3 is 2.30 bits per heavy atom. The number of phenolic OH excluding ortho intramolecular Hbond substituents is 1. The van der Waals surface area contributed by atoms with Gasteiger partial charge in [0, 0.05) is 17.3 Å². The summed E-state index contributed by atoms with van der Waals surface area (Å²) in [6, 6.07) is 9.69. The molecule has 0 aromatic heterocycles. The Kier molecular flexibility index (Phi) is 4.09. The van der Waals surface area contributed by atoms with Gasteiger partial charge in [-0.3, -0.25) is 0 Å². The van der Waals surface area contributed by atoms with Gasteiger partial charge < -0.3 is 10.4 Å². The summed E-state index contributed by atoms with van der Waals surface area (Å²) in [5, 5.41) is 12.0. The fraction of sp³-hybridized carbons (Fsp3) is 0.143. The molecule has 0 aliphatic carbocycles. The number of aromatic hydroxyl groups is 1. The van der Waals surface area contributed by atoms with Gasteiger partial charge in [-0.2, -0.15) is 13.2 Å². The first-order valence-corrected chi connectivity index (χ1v) is 6.12. The number of anilines is 1. The van der Waals surface area contributed by atoms with Crippen LogP contribution in [0.25, 0.3) is 0 Å². The van der Waals surface area contributed by atoms with Gasteiger partial charge in [-0.05, 0) is 35.9 Å². The minimum absolute atomic E-state index is 0.0213. The van der Waals surface area contributed by atoms with E-state index < -0.39 is 11.7 Å². The maximum Gasteiger partial charge on any atom is 0.416 e. The van der Waals surface area contributed by atoms with Crippen molar-refractivity contribution >= 4 is 17.3 Å². The third-order valence-corrected chi connectivity index (χ3v) is 2.88. The molecular weight excluding hydrogens is 291 g/mol. The van der Waals surface area contributed by atoms with Crippen LogP contribution in [0.3, 0.4) is 0 Å². The summed E-state index contributed by atoms with van der Waals surface area (Å²) in [7, 11) is 0. The second-order valence-electron chi connectivity index (χ2n) is 4.25. The largest absolute Gasteiger partial charge is 0.508 e. The van der Waals surface area contributed by atoms with Crippen molar-refractivity contribution in [1.29, 1.82) is 0 Å². The fourth-order valence-electron chi connectivity index (χ4n) is 1.67. The molecule has 20 heavy (non-hydrogen) atoms. The molecule has 0 fully saturated rings. The maximum absolute atomic E-state index is 12.6. The van der Waals surface area contributed by atoms with Crippen LogP contribution in [0.1, 0.15) is 11.1 Å². The molecule has 0 aliphatic rings. The number of rotatable bonds is 3. The second kappa shape index (κ2) is 5.63. The first-order valence-electron chi connectivity index (χ1n) is 5.74. The van der Waals surface area contributed by atoms with Crippen LogP contribution < -0.4 is 5.32 Å². The lowest BCUT2D eigenvalue weighted by Gasteiger charge is -2.12. The van der Waals surface area contributed by atoms with E-state index in [1.54, 1.807) is 12.1 Å². The van der Waals surface area contributed by atoms with Crippen molar-refractivity contribution in [1.82, 2.24) is 0 Å². The Morgan fingerprint density at radius 2 is 1.70 bits per heavy atom. The molecule has 0 atom stereocenters. The SMILES string of the molecule is Oc1ccc(CNc2cc(Cl)cc(C(F)(F)F)c2)cc1. The van der Waals surface area contributed by atoms with E-state index in [0.717, 1.165) is 17.7 Å². The summed E-state index contributed by atoms with van der Waals surface area (Å²) in [5.74, 6) is 0.135. The van der Waals surface area contributed by atoms with Crippen molar-refractivity contribution in [3.63, 3.8) is 0 Å². The summed E-state index contributed by atoms with van der Waals surface area (Å²) < 4.78 is 37.9. The van der Waals surface area contributed by atoms with Crippen LogP contribution in [0, 0.1) is 0 Å². The van der Waals surface area contributed by atoms with E-state index in [1.807, 2.05) is 0 Å². The van der Waals surface area contributed by atoms with Crippen LogP contribution in [0.15, 0.2) is 42.5 Å². The maximum atomic E-state index is 12.6. The van der Waals surface area contributed by atoms with Gasteiger partial charge in [0.15, 0.2) is 0 Å². The number of alkyl halides is 3. The van der Waals surface area contributed by atoms with Crippen molar-refractivity contribution in [3.8, 4) is 5.75 Å². The molecule has 2 N–H and O–H groups in total. The van der Waals surface area contributed by atoms with Crippen LogP contribution in [-0.2, 0) is 12.7 Å². The van der Waals surface area contributed by atoms with Crippen LogP contribution >= 0.6 is 11.6 Å². The van der Waals surface area contributed by atoms with Gasteiger partial charge in [0.1, 0.15) is 5.75 Å². The summed E-state index contributed by atoms with van der Waals surface area (Å²) in [6.07, 6.45) is -4.43. The Bertz CT molecular complexity index is 596. The molecule has 0 saturated heterocycles. The average molecular weight is 302 g/mol. The van der Waals surface area contributed by atoms with Gasteiger partial charge in [-0.25, -0.2) is 0 Å². The van der Waals surface area contributed by atoms with Crippen molar-refractivity contribution in [3.05, 3.63) is 58.6 Å². The van der Waals surface area contributed by atoms with Crippen molar-refractivity contribution in [2.45, 2.75) is 12.7 Å². The Hall–Kier alpha value is -1.88. The molecule has 0 bridgehead atoms. The van der Waals surface area contributed by atoms with Gasteiger partial charge in [0.25, 0.3) is 0 Å². The highest BCUT2D eigenvalue weighted by Gasteiger charge is 2.31. The van der Waals surface area contributed by atoms with Crippen molar-refractivity contribution in [2.24, 2.45) is 0 Å². The van der Waals surface area contributed by atoms with E-state index in [1.165, 1.54) is 18.2 Å². The molecule has 2 nitrogen and oxygen atoms in total. The molecule has 0 aliphatic heterocycles. The Balaban J connectivity index is 2.13. The number of nitrogens with one attached hydrogen (secondary N) is 1. The molecule has 106 valence electrons. The highest BCUT2D eigenvalue weighted by molar-refractivity contribution is 6.30. The lowest BCUT2D eigenvalue weighted by molar-refractivity contribution is -0.137. The van der Waals surface area contributed by atoms with Crippen LogP contribution in [0.2, 0.25) is 5.02 Å². The highest BCUT2D eigenvalue weighted by atomic mass is 35.5. The molecule has 0 radical (unpaired) electrons. The lowest BCUT2D eigenvalue weighted by Crippen LogP contribution is -2.06. The molecule has 0 heterocycles. The number of hydrogen-bond donors (Lipinski definition) is 2. The first-order chi connectivity index (χ1) is 9.34. The van der Waals surface area contributed by atoms with E-state index in [2.05, 4.69) is 5.32 Å². The average Bonchev–Trinajstić information content (AvgIpc) is 2.36. The lowest BCUT2D eigenvalue weighted by atomic mass is 10.1. The first kappa shape index (κ1) is 14.5. The van der Waals surface area contributed by atoms with Crippen molar-refractivity contribution < 1.29 is 18.3 Å². The Labute approximate surface area is 118 Å². The topological polar surface area (TPSA) is 32.3 Å². The predicted molar refractivity (Wildman–Crippen MR) is 71.9 cm³/mol. The number of hydrogen-bond acceptors (Lipinski definition) is 2. The molecule has 2 aromatic carbocycles. The molecule has 6 heteroatoms. The zero-order chi connectivity index (χ0) is 14.8. The van der Waals surface area contributed by atoms with E-state index >= 15 is 0 Å². The van der Waals surface area contributed by atoms with Gasteiger partial charge in [0.2, 0.25) is 0 Å². The van der Waals surface area contributed by atoms with Crippen LogP contribution in [-0.4, -0.2) is 5.11 Å². The molecule has 0 saturated carbocycles.